The van der Waals surface area contributed by atoms with Crippen LogP contribution in [0.1, 0.15) is 24.7 Å². The van der Waals surface area contributed by atoms with Gasteiger partial charge >= 0.3 is 0 Å². The van der Waals surface area contributed by atoms with Gasteiger partial charge in [0.2, 0.25) is 5.88 Å². The van der Waals surface area contributed by atoms with E-state index in [4.69, 9.17) is 4.74 Å². The second-order valence-electron chi connectivity index (χ2n) is 4.29. The van der Waals surface area contributed by atoms with Gasteiger partial charge in [0.25, 0.3) is 0 Å². The zero-order valence-electron chi connectivity index (χ0n) is 11.2. The Bertz CT molecular complexity index is 380. The number of hydrogen-bond donors (Lipinski definition) is 1. The smallest absolute Gasteiger partial charge is 0.221 e. The summed E-state index contributed by atoms with van der Waals surface area (Å²) in [6, 6.07) is 0. The maximum Gasteiger partial charge on any atom is 0.221 e. The summed E-state index contributed by atoms with van der Waals surface area (Å²) >= 11 is 0. The van der Waals surface area contributed by atoms with Crippen molar-refractivity contribution in [1.82, 2.24) is 9.97 Å². The first-order chi connectivity index (χ1) is 7.95. The zero-order chi connectivity index (χ0) is 13.0. The van der Waals surface area contributed by atoms with Crippen LogP contribution in [0.2, 0.25) is 0 Å². The van der Waals surface area contributed by atoms with Crippen molar-refractivity contribution < 1.29 is 9.84 Å². The zero-order valence-corrected chi connectivity index (χ0v) is 11.2. The van der Waals surface area contributed by atoms with Gasteiger partial charge in [0.05, 0.1) is 18.8 Å². The Balaban J connectivity index is 2.92. The average Bonchev–Trinajstić information content (AvgIpc) is 2.28. The molecule has 0 fully saturated rings. The minimum Gasteiger partial charge on any atom is -0.481 e. The van der Waals surface area contributed by atoms with Crippen LogP contribution in [0.25, 0.3) is 0 Å². The summed E-state index contributed by atoms with van der Waals surface area (Å²) in [6.07, 6.45) is 0.406. The average molecular weight is 239 g/mol. The molecule has 1 aromatic rings. The molecule has 0 saturated carbocycles. The molecule has 0 spiro atoms. The molecule has 0 radical (unpaired) electrons. The van der Waals surface area contributed by atoms with Crippen LogP contribution in [0.15, 0.2) is 0 Å². The summed E-state index contributed by atoms with van der Waals surface area (Å²) in [6.45, 7) is 6.31. The highest BCUT2D eigenvalue weighted by atomic mass is 16.5. The van der Waals surface area contributed by atoms with Crippen LogP contribution in [0.5, 0.6) is 5.88 Å². The van der Waals surface area contributed by atoms with Gasteiger partial charge in [-0.05, 0) is 27.2 Å². The maximum atomic E-state index is 9.29. The minimum absolute atomic E-state index is 0.303. The van der Waals surface area contributed by atoms with E-state index in [1.807, 2.05) is 25.8 Å². The summed E-state index contributed by atoms with van der Waals surface area (Å²) in [5.74, 6) is 2.15. The summed E-state index contributed by atoms with van der Waals surface area (Å²) in [5.41, 5.74) is 0.922. The Labute approximate surface area is 102 Å². The van der Waals surface area contributed by atoms with Crippen molar-refractivity contribution in [2.75, 3.05) is 25.6 Å². The molecule has 1 aromatic heterocycles. The molecule has 1 atom stereocenters. The molecule has 5 heteroatoms. The Hall–Kier alpha value is -1.36. The van der Waals surface area contributed by atoms with Gasteiger partial charge in [0.15, 0.2) is 0 Å². The van der Waals surface area contributed by atoms with Gasteiger partial charge in [-0.15, -0.1) is 0 Å². The van der Waals surface area contributed by atoms with Crippen molar-refractivity contribution >= 4 is 5.82 Å². The molecular weight excluding hydrogens is 218 g/mol. The number of aliphatic hydroxyl groups excluding tert-OH is 1. The second kappa shape index (κ2) is 5.82. The fraction of sp³-hybridized carbons (Fsp3) is 0.667. The summed E-state index contributed by atoms with van der Waals surface area (Å²) in [7, 11) is 3.56. The number of aromatic nitrogens is 2. The SMILES string of the molecule is COc1nc(C)nc(N(C)CCC(C)O)c1C. The van der Waals surface area contributed by atoms with E-state index < -0.39 is 0 Å². The van der Waals surface area contributed by atoms with Crippen molar-refractivity contribution in [1.29, 1.82) is 0 Å². The molecule has 0 saturated heterocycles. The molecule has 1 heterocycles. The molecule has 5 nitrogen and oxygen atoms in total. The van der Waals surface area contributed by atoms with E-state index in [1.54, 1.807) is 14.0 Å². The molecule has 0 bridgehead atoms. The molecule has 1 rings (SSSR count). The van der Waals surface area contributed by atoms with Crippen LogP contribution >= 0.6 is 0 Å². The van der Waals surface area contributed by atoms with E-state index in [9.17, 15) is 5.11 Å². The molecule has 0 aliphatic heterocycles. The van der Waals surface area contributed by atoms with Crippen LogP contribution in [0, 0.1) is 13.8 Å². The molecule has 96 valence electrons. The molecular formula is C12H21N3O2. The quantitative estimate of drug-likeness (QED) is 0.839. The van der Waals surface area contributed by atoms with E-state index in [0.29, 0.717) is 18.1 Å². The predicted octanol–water partition coefficient (Wildman–Crippen LogP) is 1.31. The van der Waals surface area contributed by atoms with E-state index >= 15 is 0 Å². The third-order valence-corrected chi connectivity index (χ3v) is 2.62. The maximum absolute atomic E-state index is 9.29. The third kappa shape index (κ3) is 3.56. The van der Waals surface area contributed by atoms with Crippen molar-refractivity contribution in [3.63, 3.8) is 0 Å². The lowest BCUT2D eigenvalue weighted by atomic mass is 10.2. The lowest BCUT2D eigenvalue weighted by molar-refractivity contribution is 0.187. The number of nitrogens with zero attached hydrogens (tertiary/aromatic N) is 3. The van der Waals surface area contributed by atoms with Gasteiger partial charge in [-0.25, -0.2) is 4.98 Å². The highest BCUT2D eigenvalue weighted by molar-refractivity contribution is 5.50. The number of anilines is 1. The Morgan fingerprint density at radius 1 is 1.35 bits per heavy atom. The van der Waals surface area contributed by atoms with Crippen molar-refractivity contribution in [3.8, 4) is 5.88 Å². The number of hydrogen-bond acceptors (Lipinski definition) is 5. The summed E-state index contributed by atoms with van der Waals surface area (Å²) in [5, 5.41) is 9.29. The number of rotatable bonds is 5. The first-order valence-corrected chi connectivity index (χ1v) is 5.74. The molecule has 0 aliphatic carbocycles. The van der Waals surface area contributed by atoms with Crippen molar-refractivity contribution in [2.45, 2.75) is 33.3 Å². The van der Waals surface area contributed by atoms with Gasteiger partial charge in [0, 0.05) is 13.6 Å². The monoisotopic (exact) mass is 239 g/mol. The molecule has 1 unspecified atom stereocenters. The van der Waals surface area contributed by atoms with Crippen LogP contribution in [-0.4, -0.2) is 41.9 Å². The number of ether oxygens (including phenoxy) is 1. The Morgan fingerprint density at radius 2 is 2.00 bits per heavy atom. The van der Waals surface area contributed by atoms with Crippen LogP contribution in [0.3, 0.4) is 0 Å². The summed E-state index contributed by atoms with van der Waals surface area (Å²) in [4.78, 5) is 10.6. The van der Waals surface area contributed by atoms with Gasteiger partial charge in [-0.1, -0.05) is 0 Å². The molecule has 0 aliphatic rings. The topological polar surface area (TPSA) is 58.5 Å². The third-order valence-electron chi connectivity index (χ3n) is 2.62. The Kier molecular flexibility index (Phi) is 4.69. The van der Waals surface area contributed by atoms with E-state index in [1.165, 1.54) is 0 Å². The largest absolute Gasteiger partial charge is 0.481 e. The van der Waals surface area contributed by atoms with Crippen molar-refractivity contribution in [2.24, 2.45) is 0 Å². The molecule has 0 aromatic carbocycles. The fourth-order valence-electron chi connectivity index (χ4n) is 1.65. The van der Waals surface area contributed by atoms with E-state index in [0.717, 1.165) is 17.9 Å². The summed E-state index contributed by atoms with van der Waals surface area (Å²) < 4.78 is 5.22. The van der Waals surface area contributed by atoms with Crippen molar-refractivity contribution in [3.05, 3.63) is 11.4 Å². The van der Waals surface area contributed by atoms with E-state index in [2.05, 4.69) is 9.97 Å². The normalized spacial score (nSPS) is 12.4. The fourth-order valence-corrected chi connectivity index (χ4v) is 1.65. The Morgan fingerprint density at radius 3 is 2.53 bits per heavy atom. The van der Waals surface area contributed by atoms with Crippen LogP contribution in [-0.2, 0) is 0 Å². The van der Waals surface area contributed by atoms with Gasteiger partial charge < -0.3 is 14.7 Å². The molecule has 0 amide bonds. The number of aliphatic hydroxyl groups is 1. The number of aryl methyl sites for hydroxylation is 1. The van der Waals surface area contributed by atoms with E-state index in [-0.39, 0.29) is 6.10 Å². The molecule has 17 heavy (non-hydrogen) atoms. The molecule has 1 N–H and O–H groups in total. The lowest BCUT2D eigenvalue weighted by Gasteiger charge is -2.21. The standard InChI is InChI=1S/C12H21N3O2/c1-8(16)6-7-15(4)11-9(2)12(17-5)14-10(3)13-11/h8,16H,6-7H2,1-5H3. The van der Waals surface area contributed by atoms with Gasteiger partial charge in [-0.3, -0.25) is 0 Å². The second-order valence-corrected chi connectivity index (χ2v) is 4.29. The van der Waals surface area contributed by atoms with Crippen LogP contribution < -0.4 is 9.64 Å². The minimum atomic E-state index is -0.303. The number of methoxy groups -OCH3 is 1. The highest BCUT2D eigenvalue weighted by Crippen LogP contribution is 2.24. The predicted molar refractivity (Wildman–Crippen MR) is 67.6 cm³/mol. The first-order valence-electron chi connectivity index (χ1n) is 5.74. The highest BCUT2D eigenvalue weighted by Gasteiger charge is 2.13. The van der Waals surface area contributed by atoms with Gasteiger partial charge in [0.1, 0.15) is 11.6 Å². The lowest BCUT2D eigenvalue weighted by Crippen LogP contribution is -2.24. The van der Waals surface area contributed by atoms with Gasteiger partial charge in [-0.2, -0.15) is 4.98 Å². The first kappa shape index (κ1) is 13.7. The van der Waals surface area contributed by atoms with Crippen LogP contribution in [0.4, 0.5) is 5.82 Å².